The van der Waals surface area contributed by atoms with E-state index in [-0.39, 0.29) is 21.2 Å². The summed E-state index contributed by atoms with van der Waals surface area (Å²) in [5, 5.41) is 24.4. The molecule has 0 unspecified atom stereocenters. The molecule has 0 N–H and O–H groups in total. The topological polar surface area (TPSA) is 89.5 Å². The predicted molar refractivity (Wildman–Crippen MR) is 196 cm³/mol. The van der Waals surface area contributed by atoms with Gasteiger partial charge in [-0.1, -0.05) is 103 Å². The molecule has 2 aliphatic rings. The summed E-state index contributed by atoms with van der Waals surface area (Å²) in [5.74, 6) is 0. The van der Waals surface area contributed by atoms with Gasteiger partial charge in [-0.3, -0.25) is 20.2 Å². The first-order valence-corrected chi connectivity index (χ1v) is 16.3. The molecule has 1 spiro atoms. The zero-order valence-electron chi connectivity index (χ0n) is 26.6. The molecule has 50 heavy (non-hydrogen) atoms. The smallest absolute Gasteiger partial charge is 0.277 e. The van der Waals surface area contributed by atoms with Crippen molar-refractivity contribution in [2.24, 2.45) is 0 Å². The molecule has 9 rings (SSSR count). The maximum atomic E-state index is 12.2. The van der Waals surface area contributed by atoms with Gasteiger partial charge in [0.25, 0.3) is 11.4 Å². The van der Waals surface area contributed by atoms with Crippen molar-refractivity contribution in [2.45, 2.75) is 5.41 Å². The van der Waals surface area contributed by atoms with Gasteiger partial charge in [-0.05, 0) is 93.0 Å². The van der Waals surface area contributed by atoms with E-state index in [1.54, 1.807) is 24.3 Å². The van der Waals surface area contributed by atoms with Crippen LogP contribution in [0.25, 0.3) is 33.4 Å². The standard InChI is InChI=1S/C43H27N3O4/c47-45(48)39-18-8-4-14-31(39)28-22-24-33-34-25-23-29(32-15-5-9-19-40(32)46(49)50)27-38(34)43(37(33)26-28)35-16-6-10-20-41(35)44(30-12-2-1-3-13-30)42-21-11-7-17-36(42)43/h1-27H. The molecule has 0 saturated heterocycles. The summed E-state index contributed by atoms with van der Waals surface area (Å²) in [6.07, 6.45) is 0. The number of para-hydroxylation sites is 5. The Morgan fingerprint density at radius 1 is 0.420 bits per heavy atom. The maximum absolute atomic E-state index is 12.2. The average molecular weight is 650 g/mol. The molecule has 1 aliphatic heterocycles. The monoisotopic (exact) mass is 649 g/mol. The minimum absolute atomic E-state index is 0.0374. The third kappa shape index (κ3) is 4.10. The molecule has 0 radical (unpaired) electrons. The Bertz CT molecular complexity index is 2370. The van der Waals surface area contributed by atoms with Crippen LogP contribution in [0.4, 0.5) is 28.4 Å². The van der Waals surface area contributed by atoms with Gasteiger partial charge in [-0.2, -0.15) is 0 Å². The summed E-state index contributed by atoms with van der Waals surface area (Å²) < 4.78 is 0. The number of benzene rings is 7. The number of nitro benzene ring substituents is 2. The molecule has 0 atom stereocenters. The van der Waals surface area contributed by atoms with Crippen LogP contribution in [0, 0.1) is 20.2 Å². The van der Waals surface area contributed by atoms with Crippen molar-refractivity contribution < 1.29 is 9.85 Å². The molecular weight excluding hydrogens is 622 g/mol. The van der Waals surface area contributed by atoms with Crippen molar-refractivity contribution in [3.8, 4) is 33.4 Å². The van der Waals surface area contributed by atoms with Gasteiger partial charge in [0.05, 0.1) is 37.8 Å². The maximum Gasteiger partial charge on any atom is 0.277 e. The van der Waals surface area contributed by atoms with Crippen LogP contribution in [-0.2, 0) is 5.41 Å². The molecule has 0 bridgehead atoms. The summed E-state index contributed by atoms with van der Waals surface area (Å²) in [6, 6.07) is 53.0. The van der Waals surface area contributed by atoms with E-state index < -0.39 is 5.41 Å². The lowest BCUT2D eigenvalue weighted by Gasteiger charge is -2.45. The SMILES string of the molecule is O=[N+]([O-])c1ccccc1-c1ccc2c(c1)C1(c3cc(-c4ccccc4[N+](=O)[O-])ccc3-2)c2ccccc2N(c2ccccc2)c2ccccc21. The van der Waals surface area contributed by atoms with Gasteiger partial charge in [0.15, 0.2) is 0 Å². The Kier molecular flexibility index (Phi) is 6.51. The van der Waals surface area contributed by atoms with Crippen molar-refractivity contribution >= 4 is 28.4 Å². The highest BCUT2D eigenvalue weighted by molar-refractivity contribution is 5.97. The molecule has 1 heterocycles. The molecule has 7 aromatic carbocycles. The molecule has 7 heteroatoms. The van der Waals surface area contributed by atoms with E-state index in [2.05, 4.69) is 65.6 Å². The number of nitro groups is 2. The molecule has 0 amide bonds. The van der Waals surface area contributed by atoms with Gasteiger partial charge in [0, 0.05) is 17.8 Å². The summed E-state index contributed by atoms with van der Waals surface area (Å²) >= 11 is 0. The minimum Gasteiger partial charge on any atom is -0.310 e. The van der Waals surface area contributed by atoms with Crippen LogP contribution in [0.5, 0.6) is 0 Å². The lowest BCUT2D eigenvalue weighted by Crippen LogP contribution is -2.36. The zero-order chi connectivity index (χ0) is 34.0. The molecule has 7 aromatic rings. The average Bonchev–Trinajstić information content (AvgIpc) is 3.44. The number of rotatable bonds is 5. The highest BCUT2D eigenvalue weighted by atomic mass is 16.6. The number of hydrogen-bond acceptors (Lipinski definition) is 5. The summed E-state index contributed by atoms with van der Waals surface area (Å²) in [6.45, 7) is 0. The van der Waals surface area contributed by atoms with Gasteiger partial charge in [-0.25, -0.2) is 0 Å². The highest BCUT2D eigenvalue weighted by Gasteiger charge is 2.52. The van der Waals surface area contributed by atoms with Gasteiger partial charge < -0.3 is 4.90 Å². The second-order valence-electron chi connectivity index (χ2n) is 12.5. The summed E-state index contributed by atoms with van der Waals surface area (Å²) in [4.78, 5) is 26.0. The third-order valence-corrected chi connectivity index (χ3v) is 10.1. The fourth-order valence-corrected chi connectivity index (χ4v) is 8.09. The number of anilines is 3. The van der Waals surface area contributed by atoms with E-state index in [9.17, 15) is 20.2 Å². The molecular formula is C43H27N3O4. The van der Waals surface area contributed by atoms with Crippen molar-refractivity contribution in [1.29, 1.82) is 0 Å². The predicted octanol–water partition coefficient (Wildman–Crippen LogP) is 11.0. The Morgan fingerprint density at radius 2 is 0.840 bits per heavy atom. The largest absolute Gasteiger partial charge is 0.310 e. The second-order valence-corrected chi connectivity index (χ2v) is 12.5. The highest BCUT2D eigenvalue weighted by Crippen LogP contribution is 2.64. The summed E-state index contributed by atoms with van der Waals surface area (Å²) in [5.41, 5.74) is 10.9. The fourth-order valence-electron chi connectivity index (χ4n) is 8.09. The van der Waals surface area contributed by atoms with Crippen LogP contribution in [0.3, 0.4) is 0 Å². The Labute approximate surface area is 287 Å². The molecule has 1 aliphatic carbocycles. The Hall–Kier alpha value is -6.86. The number of nitrogens with zero attached hydrogens (tertiary/aromatic N) is 3. The van der Waals surface area contributed by atoms with Crippen LogP contribution in [0.1, 0.15) is 22.3 Å². The Morgan fingerprint density at radius 3 is 1.32 bits per heavy atom. The zero-order valence-corrected chi connectivity index (χ0v) is 26.6. The van der Waals surface area contributed by atoms with Crippen LogP contribution in [0.15, 0.2) is 164 Å². The second kappa shape index (κ2) is 11.1. The minimum atomic E-state index is -0.859. The van der Waals surface area contributed by atoms with Gasteiger partial charge in [-0.15, -0.1) is 0 Å². The van der Waals surface area contributed by atoms with Crippen molar-refractivity contribution in [3.63, 3.8) is 0 Å². The first-order chi connectivity index (χ1) is 24.5. The lowest BCUT2D eigenvalue weighted by molar-refractivity contribution is -0.384. The van der Waals surface area contributed by atoms with E-state index in [4.69, 9.17) is 0 Å². The molecule has 0 saturated carbocycles. The van der Waals surface area contributed by atoms with Crippen LogP contribution < -0.4 is 4.90 Å². The van der Waals surface area contributed by atoms with E-state index in [0.717, 1.165) is 61.6 Å². The quantitative estimate of drug-likeness (QED) is 0.137. The van der Waals surface area contributed by atoms with Crippen molar-refractivity contribution in [1.82, 2.24) is 0 Å². The van der Waals surface area contributed by atoms with Crippen molar-refractivity contribution in [2.75, 3.05) is 4.90 Å². The van der Waals surface area contributed by atoms with E-state index in [0.29, 0.717) is 11.1 Å². The van der Waals surface area contributed by atoms with Crippen molar-refractivity contribution in [3.05, 3.63) is 206 Å². The van der Waals surface area contributed by atoms with Crippen LogP contribution in [-0.4, -0.2) is 9.85 Å². The molecule has 0 aromatic heterocycles. The van der Waals surface area contributed by atoms with Gasteiger partial charge >= 0.3 is 0 Å². The normalized spacial score (nSPS) is 13.2. The van der Waals surface area contributed by atoms with Gasteiger partial charge in [0.1, 0.15) is 0 Å². The first kappa shape index (κ1) is 29.3. The fraction of sp³-hybridized carbons (Fsp3) is 0.0233. The summed E-state index contributed by atoms with van der Waals surface area (Å²) in [7, 11) is 0. The lowest BCUT2D eigenvalue weighted by atomic mass is 9.64. The van der Waals surface area contributed by atoms with E-state index >= 15 is 0 Å². The number of hydrogen-bond donors (Lipinski definition) is 0. The Balaban J connectivity index is 1.41. The van der Waals surface area contributed by atoms with E-state index in [1.807, 2.05) is 66.7 Å². The van der Waals surface area contributed by atoms with Crippen LogP contribution in [0.2, 0.25) is 0 Å². The number of fused-ring (bicyclic) bond motifs is 9. The van der Waals surface area contributed by atoms with E-state index in [1.165, 1.54) is 12.1 Å². The third-order valence-electron chi connectivity index (χ3n) is 10.1. The molecule has 238 valence electrons. The first-order valence-electron chi connectivity index (χ1n) is 16.3. The molecule has 7 nitrogen and oxygen atoms in total. The molecule has 0 fully saturated rings. The van der Waals surface area contributed by atoms with Gasteiger partial charge in [0.2, 0.25) is 0 Å². The van der Waals surface area contributed by atoms with Crippen LogP contribution >= 0.6 is 0 Å².